The lowest BCUT2D eigenvalue weighted by molar-refractivity contribution is -0.138. The Morgan fingerprint density at radius 2 is 2.29 bits per heavy atom. The lowest BCUT2D eigenvalue weighted by Crippen LogP contribution is -2.34. The first-order valence-corrected chi connectivity index (χ1v) is 5.99. The Morgan fingerprint density at radius 1 is 1.59 bits per heavy atom. The zero-order chi connectivity index (χ0) is 12.9. The highest BCUT2D eigenvalue weighted by atomic mass is 16.5. The molecule has 1 saturated heterocycles. The summed E-state index contributed by atoms with van der Waals surface area (Å²) in [5, 5.41) is 9.07. The van der Waals surface area contributed by atoms with Crippen molar-refractivity contribution >= 4 is 5.97 Å². The first kappa shape index (κ1) is 13.7. The second-order valence-corrected chi connectivity index (χ2v) is 4.39. The molecular formula is C13H19NO3. The Labute approximate surface area is 102 Å². The summed E-state index contributed by atoms with van der Waals surface area (Å²) in [7, 11) is 0. The molecular weight excluding hydrogens is 218 g/mol. The lowest BCUT2D eigenvalue weighted by atomic mass is 9.87. The number of carbonyl (C=O) groups is 1. The summed E-state index contributed by atoms with van der Waals surface area (Å²) >= 11 is 0. The topological polar surface area (TPSA) is 59.3 Å². The minimum atomic E-state index is -0.509. The number of hydrogen-bond acceptors (Lipinski definition) is 4. The van der Waals surface area contributed by atoms with E-state index in [1.54, 1.807) is 6.92 Å². The molecule has 0 radical (unpaired) electrons. The van der Waals surface area contributed by atoms with Crippen LogP contribution >= 0.6 is 0 Å². The Balaban J connectivity index is 2.94. The van der Waals surface area contributed by atoms with E-state index in [-0.39, 0.29) is 11.2 Å². The van der Waals surface area contributed by atoms with Crippen LogP contribution in [-0.4, -0.2) is 24.8 Å². The van der Waals surface area contributed by atoms with Gasteiger partial charge in [0.25, 0.3) is 0 Å². The highest BCUT2D eigenvalue weighted by Gasteiger charge is 2.31. The third-order valence-corrected chi connectivity index (χ3v) is 3.13. The molecule has 0 unspecified atom stereocenters. The third-order valence-electron chi connectivity index (χ3n) is 3.13. The van der Waals surface area contributed by atoms with Gasteiger partial charge in [0, 0.05) is 0 Å². The van der Waals surface area contributed by atoms with Crippen molar-refractivity contribution in [2.24, 2.45) is 0 Å². The summed E-state index contributed by atoms with van der Waals surface area (Å²) in [4.78, 5) is 11.6. The summed E-state index contributed by atoms with van der Waals surface area (Å²) in [5.74, 6) is -0.509. The minimum absolute atomic E-state index is 0.162. The number of esters is 1. The maximum Gasteiger partial charge on any atom is 0.348 e. The van der Waals surface area contributed by atoms with Gasteiger partial charge in [0.05, 0.1) is 18.8 Å². The molecule has 0 aromatic heterocycles. The zero-order valence-electron chi connectivity index (χ0n) is 10.7. The minimum Gasteiger partial charge on any atom is -0.462 e. The van der Waals surface area contributed by atoms with Crippen LogP contribution in [-0.2, 0) is 14.3 Å². The molecule has 0 N–H and O–H groups in total. The van der Waals surface area contributed by atoms with Crippen molar-refractivity contribution < 1.29 is 14.3 Å². The first-order chi connectivity index (χ1) is 8.06. The van der Waals surface area contributed by atoms with Crippen molar-refractivity contribution in [3.63, 3.8) is 0 Å². The number of nitriles is 1. The van der Waals surface area contributed by atoms with E-state index in [1.165, 1.54) is 0 Å². The quantitative estimate of drug-likeness (QED) is 0.429. The second-order valence-electron chi connectivity index (χ2n) is 4.39. The SMILES string of the molecule is CCOC(=O)/C(C#N)=C1\CCO[C@](C)(CC)C1. The van der Waals surface area contributed by atoms with E-state index in [9.17, 15) is 4.79 Å². The number of rotatable bonds is 3. The van der Waals surface area contributed by atoms with Crippen LogP contribution in [0.2, 0.25) is 0 Å². The van der Waals surface area contributed by atoms with Gasteiger partial charge in [0.2, 0.25) is 0 Å². The summed E-state index contributed by atoms with van der Waals surface area (Å²) in [6.07, 6.45) is 2.13. The molecule has 1 atom stereocenters. The van der Waals surface area contributed by atoms with Crippen LogP contribution in [0.15, 0.2) is 11.1 Å². The van der Waals surface area contributed by atoms with E-state index in [1.807, 2.05) is 19.9 Å². The number of carbonyl (C=O) groups excluding carboxylic acids is 1. The standard InChI is InChI=1S/C13H19NO3/c1-4-13(3)8-10(6-7-17-13)11(9-14)12(15)16-5-2/h4-8H2,1-3H3/b11-10+/t13-/m1/s1. The Morgan fingerprint density at radius 3 is 2.82 bits per heavy atom. The molecule has 0 amide bonds. The maximum absolute atomic E-state index is 11.6. The van der Waals surface area contributed by atoms with Gasteiger partial charge in [-0.1, -0.05) is 6.92 Å². The van der Waals surface area contributed by atoms with E-state index < -0.39 is 5.97 Å². The van der Waals surface area contributed by atoms with Crippen molar-refractivity contribution in [3.8, 4) is 6.07 Å². The largest absolute Gasteiger partial charge is 0.462 e. The van der Waals surface area contributed by atoms with Gasteiger partial charge in [-0.2, -0.15) is 5.26 Å². The molecule has 1 heterocycles. The van der Waals surface area contributed by atoms with Crippen LogP contribution in [0.1, 0.15) is 40.0 Å². The number of hydrogen-bond donors (Lipinski definition) is 0. The van der Waals surface area contributed by atoms with Gasteiger partial charge in [-0.3, -0.25) is 0 Å². The van der Waals surface area contributed by atoms with Crippen LogP contribution in [0.5, 0.6) is 0 Å². The smallest absolute Gasteiger partial charge is 0.348 e. The number of nitrogens with zero attached hydrogens (tertiary/aromatic N) is 1. The highest BCUT2D eigenvalue weighted by molar-refractivity contribution is 5.93. The molecule has 0 spiro atoms. The fraction of sp³-hybridized carbons (Fsp3) is 0.692. The van der Waals surface area contributed by atoms with E-state index >= 15 is 0 Å². The Hall–Kier alpha value is -1.34. The van der Waals surface area contributed by atoms with Crippen molar-refractivity contribution in [3.05, 3.63) is 11.1 Å². The molecule has 0 saturated carbocycles. The van der Waals surface area contributed by atoms with Gasteiger partial charge < -0.3 is 9.47 Å². The predicted molar refractivity (Wildman–Crippen MR) is 63.2 cm³/mol. The molecule has 0 aliphatic carbocycles. The maximum atomic E-state index is 11.6. The summed E-state index contributed by atoms with van der Waals surface area (Å²) in [6.45, 7) is 6.63. The van der Waals surface area contributed by atoms with Crippen molar-refractivity contribution in [1.29, 1.82) is 5.26 Å². The van der Waals surface area contributed by atoms with E-state index in [2.05, 4.69) is 0 Å². The summed E-state index contributed by atoms with van der Waals surface area (Å²) in [6, 6.07) is 1.97. The Kier molecular flexibility index (Phi) is 4.71. The van der Waals surface area contributed by atoms with Gasteiger partial charge in [-0.25, -0.2) is 4.79 Å². The predicted octanol–water partition coefficient (Wildman–Crippen LogP) is 2.35. The normalized spacial score (nSPS) is 27.2. The molecule has 1 fully saturated rings. The monoisotopic (exact) mass is 237 g/mol. The molecule has 4 nitrogen and oxygen atoms in total. The summed E-state index contributed by atoms with van der Waals surface area (Å²) in [5.41, 5.74) is 0.763. The number of ether oxygens (including phenoxy) is 2. The van der Waals surface area contributed by atoms with Gasteiger partial charge in [-0.15, -0.1) is 0 Å². The summed E-state index contributed by atoms with van der Waals surface area (Å²) < 4.78 is 10.6. The molecule has 17 heavy (non-hydrogen) atoms. The fourth-order valence-electron chi connectivity index (χ4n) is 1.92. The first-order valence-electron chi connectivity index (χ1n) is 5.99. The van der Waals surface area contributed by atoms with Crippen molar-refractivity contribution in [2.45, 2.75) is 45.6 Å². The molecule has 4 heteroatoms. The van der Waals surface area contributed by atoms with E-state index in [0.29, 0.717) is 26.1 Å². The van der Waals surface area contributed by atoms with Gasteiger partial charge in [0.15, 0.2) is 0 Å². The van der Waals surface area contributed by atoms with Crippen LogP contribution in [0.4, 0.5) is 0 Å². The van der Waals surface area contributed by atoms with Crippen LogP contribution < -0.4 is 0 Å². The molecule has 0 aromatic carbocycles. The van der Waals surface area contributed by atoms with Gasteiger partial charge >= 0.3 is 5.97 Å². The molecule has 94 valence electrons. The van der Waals surface area contributed by atoms with Crippen LogP contribution in [0.3, 0.4) is 0 Å². The zero-order valence-corrected chi connectivity index (χ0v) is 10.7. The molecule has 1 aliphatic heterocycles. The average molecular weight is 237 g/mol. The third kappa shape index (κ3) is 3.31. The second kappa shape index (κ2) is 5.83. The average Bonchev–Trinajstić information content (AvgIpc) is 2.30. The van der Waals surface area contributed by atoms with Crippen molar-refractivity contribution in [1.82, 2.24) is 0 Å². The lowest BCUT2D eigenvalue weighted by Gasteiger charge is -2.34. The molecule has 0 aromatic rings. The van der Waals surface area contributed by atoms with E-state index in [0.717, 1.165) is 12.0 Å². The fourth-order valence-corrected chi connectivity index (χ4v) is 1.92. The highest BCUT2D eigenvalue weighted by Crippen LogP contribution is 2.32. The van der Waals surface area contributed by atoms with Crippen molar-refractivity contribution in [2.75, 3.05) is 13.2 Å². The van der Waals surface area contributed by atoms with Gasteiger partial charge in [-0.05, 0) is 38.7 Å². The van der Waals surface area contributed by atoms with E-state index in [4.69, 9.17) is 14.7 Å². The molecule has 1 aliphatic rings. The molecule has 1 rings (SSSR count). The Bertz CT molecular complexity index is 367. The van der Waals surface area contributed by atoms with Gasteiger partial charge in [0.1, 0.15) is 11.6 Å². The van der Waals surface area contributed by atoms with Crippen LogP contribution in [0.25, 0.3) is 0 Å². The van der Waals surface area contributed by atoms with Crippen LogP contribution in [0, 0.1) is 11.3 Å². The molecule has 0 bridgehead atoms.